The lowest BCUT2D eigenvalue weighted by molar-refractivity contribution is -0.122. The highest BCUT2D eigenvalue weighted by Gasteiger charge is 2.15. The summed E-state index contributed by atoms with van der Waals surface area (Å²) in [5.74, 6) is 3.75. The predicted molar refractivity (Wildman–Crippen MR) is 72.3 cm³/mol. The van der Waals surface area contributed by atoms with Crippen molar-refractivity contribution in [1.82, 2.24) is 5.32 Å². The molecule has 0 aliphatic heterocycles. The highest BCUT2D eigenvalue weighted by Crippen LogP contribution is 2.20. The number of terminal acetylenes is 1. The normalized spacial score (nSPS) is 14.1. The molecule has 0 radical (unpaired) electrons. The van der Waals surface area contributed by atoms with Gasteiger partial charge >= 0.3 is 0 Å². The second-order valence-corrected chi connectivity index (χ2v) is 5.00. The second-order valence-electron chi connectivity index (χ2n) is 5.00. The van der Waals surface area contributed by atoms with Gasteiger partial charge in [0.05, 0.1) is 0 Å². The highest BCUT2D eigenvalue weighted by atomic mass is 16.1. The van der Waals surface area contributed by atoms with E-state index in [4.69, 9.17) is 12.2 Å². The molecule has 3 N–H and O–H groups in total. The molecule has 0 aliphatic carbocycles. The third-order valence-electron chi connectivity index (χ3n) is 3.05. The van der Waals surface area contributed by atoms with E-state index in [9.17, 15) is 4.79 Å². The Bertz CT molecular complexity index is 255. The van der Waals surface area contributed by atoms with E-state index in [1.165, 1.54) is 0 Å². The molecule has 1 amide bonds. The Kier molecular flexibility index (Phi) is 8.53. The topological polar surface area (TPSA) is 55.1 Å². The van der Waals surface area contributed by atoms with Gasteiger partial charge in [-0.1, -0.05) is 13.8 Å². The lowest BCUT2D eigenvalue weighted by atomic mass is 9.88. The molecule has 2 atom stereocenters. The van der Waals surface area contributed by atoms with Crippen molar-refractivity contribution >= 4 is 5.91 Å². The van der Waals surface area contributed by atoms with Crippen LogP contribution in [0.3, 0.4) is 0 Å². The van der Waals surface area contributed by atoms with Crippen LogP contribution in [0.1, 0.15) is 46.5 Å². The third-order valence-corrected chi connectivity index (χ3v) is 3.05. The summed E-state index contributed by atoms with van der Waals surface area (Å²) in [5.41, 5.74) is 5.57. The van der Waals surface area contributed by atoms with E-state index in [2.05, 4.69) is 25.1 Å². The zero-order valence-electron chi connectivity index (χ0n) is 11.3. The third kappa shape index (κ3) is 7.82. The van der Waals surface area contributed by atoms with E-state index in [-0.39, 0.29) is 11.9 Å². The summed E-state index contributed by atoms with van der Waals surface area (Å²) in [6.45, 7) is 6.98. The lowest BCUT2D eigenvalue weighted by Crippen LogP contribution is -2.32. The summed E-state index contributed by atoms with van der Waals surface area (Å²) in [6, 6.07) is 0.0690. The average Bonchev–Trinajstić information content (AvgIpc) is 2.23. The van der Waals surface area contributed by atoms with Crippen LogP contribution in [0.2, 0.25) is 0 Å². The number of carbonyl (C=O) groups excluding carboxylic acids is 1. The van der Waals surface area contributed by atoms with E-state index in [0.29, 0.717) is 31.2 Å². The highest BCUT2D eigenvalue weighted by molar-refractivity contribution is 5.76. The van der Waals surface area contributed by atoms with Crippen molar-refractivity contribution in [3.8, 4) is 12.3 Å². The number of hydrogen-bond donors (Lipinski definition) is 2. The van der Waals surface area contributed by atoms with Gasteiger partial charge in [-0.05, 0) is 38.1 Å². The van der Waals surface area contributed by atoms with Gasteiger partial charge in [0.15, 0.2) is 0 Å². The fourth-order valence-electron chi connectivity index (χ4n) is 1.92. The average molecular weight is 238 g/mol. The van der Waals surface area contributed by atoms with Crippen LogP contribution >= 0.6 is 0 Å². The minimum Gasteiger partial charge on any atom is -0.353 e. The molecule has 0 fully saturated rings. The first-order chi connectivity index (χ1) is 8.01. The lowest BCUT2D eigenvalue weighted by Gasteiger charge is -2.20. The van der Waals surface area contributed by atoms with Crippen molar-refractivity contribution in [2.75, 3.05) is 6.54 Å². The number of nitrogens with two attached hydrogens (primary N) is 1. The van der Waals surface area contributed by atoms with Crippen molar-refractivity contribution in [1.29, 1.82) is 0 Å². The summed E-state index contributed by atoms with van der Waals surface area (Å²) in [6.07, 6.45) is 8.24. The summed E-state index contributed by atoms with van der Waals surface area (Å²) >= 11 is 0. The minimum absolute atomic E-state index is 0.0690. The Morgan fingerprint density at radius 3 is 2.47 bits per heavy atom. The van der Waals surface area contributed by atoms with Crippen molar-refractivity contribution in [2.24, 2.45) is 17.6 Å². The molecule has 0 saturated carbocycles. The maximum absolute atomic E-state index is 11.6. The molecule has 98 valence electrons. The molecule has 2 unspecified atom stereocenters. The van der Waals surface area contributed by atoms with Gasteiger partial charge in [-0.3, -0.25) is 4.79 Å². The van der Waals surface area contributed by atoms with Gasteiger partial charge in [0.2, 0.25) is 5.91 Å². The molecule has 3 nitrogen and oxygen atoms in total. The van der Waals surface area contributed by atoms with Crippen LogP contribution in [0.15, 0.2) is 0 Å². The van der Waals surface area contributed by atoms with Gasteiger partial charge in [-0.15, -0.1) is 12.3 Å². The molecule has 0 spiro atoms. The van der Waals surface area contributed by atoms with Crippen LogP contribution < -0.4 is 11.1 Å². The predicted octanol–water partition coefficient (Wildman–Crippen LogP) is 1.92. The largest absolute Gasteiger partial charge is 0.353 e. The van der Waals surface area contributed by atoms with E-state index in [1.807, 2.05) is 6.92 Å². The van der Waals surface area contributed by atoms with E-state index in [0.717, 1.165) is 12.8 Å². The van der Waals surface area contributed by atoms with Crippen LogP contribution in [0.25, 0.3) is 0 Å². The molecule has 0 aromatic carbocycles. The molecule has 0 aromatic heterocycles. The maximum atomic E-state index is 11.6. The Balaban J connectivity index is 3.92. The molecule has 17 heavy (non-hydrogen) atoms. The van der Waals surface area contributed by atoms with Gasteiger partial charge in [-0.2, -0.15) is 0 Å². The Morgan fingerprint density at radius 1 is 1.35 bits per heavy atom. The summed E-state index contributed by atoms with van der Waals surface area (Å²) in [5, 5.41) is 2.90. The summed E-state index contributed by atoms with van der Waals surface area (Å²) in [4.78, 5) is 11.6. The SMILES string of the molecule is C#CCC(C)NC(=O)CCC(CCN)C(C)C. The zero-order valence-corrected chi connectivity index (χ0v) is 11.3. The maximum Gasteiger partial charge on any atom is 0.220 e. The molecule has 3 heteroatoms. The van der Waals surface area contributed by atoms with Crippen molar-refractivity contribution in [3.63, 3.8) is 0 Å². The van der Waals surface area contributed by atoms with E-state index >= 15 is 0 Å². The van der Waals surface area contributed by atoms with Crippen molar-refractivity contribution in [3.05, 3.63) is 0 Å². The van der Waals surface area contributed by atoms with Crippen LogP contribution in [0.4, 0.5) is 0 Å². The zero-order chi connectivity index (χ0) is 13.3. The molecule has 0 aliphatic rings. The smallest absolute Gasteiger partial charge is 0.220 e. The number of carbonyl (C=O) groups is 1. The Morgan fingerprint density at radius 2 is 2.00 bits per heavy atom. The quantitative estimate of drug-likeness (QED) is 0.635. The van der Waals surface area contributed by atoms with Gasteiger partial charge in [0.1, 0.15) is 0 Å². The van der Waals surface area contributed by atoms with Gasteiger partial charge < -0.3 is 11.1 Å². The molecular formula is C14H26N2O. The van der Waals surface area contributed by atoms with Crippen LogP contribution in [0, 0.1) is 24.2 Å². The number of rotatable bonds is 8. The number of hydrogen-bond acceptors (Lipinski definition) is 2. The fourth-order valence-corrected chi connectivity index (χ4v) is 1.92. The van der Waals surface area contributed by atoms with E-state index in [1.54, 1.807) is 0 Å². The molecular weight excluding hydrogens is 212 g/mol. The Hall–Kier alpha value is -1.01. The number of nitrogens with one attached hydrogen (secondary N) is 1. The van der Waals surface area contributed by atoms with Gasteiger partial charge in [0.25, 0.3) is 0 Å². The monoisotopic (exact) mass is 238 g/mol. The first-order valence-electron chi connectivity index (χ1n) is 6.44. The first kappa shape index (κ1) is 16.0. The van der Waals surface area contributed by atoms with Crippen LogP contribution in [-0.4, -0.2) is 18.5 Å². The van der Waals surface area contributed by atoms with Gasteiger partial charge in [-0.25, -0.2) is 0 Å². The number of amides is 1. The first-order valence-corrected chi connectivity index (χ1v) is 6.44. The molecule has 0 bridgehead atoms. The second kappa shape index (κ2) is 9.07. The van der Waals surface area contributed by atoms with Crippen molar-refractivity contribution in [2.45, 2.75) is 52.5 Å². The Labute approximate surface area is 106 Å². The standard InChI is InChI=1S/C14H26N2O/c1-5-6-12(4)16-14(17)8-7-13(9-10-15)11(2)3/h1,11-13H,6-10,15H2,2-4H3,(H,16,17). The van der Waals surface area contributed by atoms with Crippen molar-refractivity contribution < 1.29 is 4.79 Å². The minimum atomic E-state index is 0.0690. The van der Waals surface area contributed by atoms with Crippen LogP contribution in [0.5, 0.6) is 0 Å². The van der Waals surface area contributed by atoms with E-state index < -0.39 is 0 Å². The summed E-state index contributed by atoms with van der Waals surface area (Å²) < 4.78 is 0. The molecule has 0 aromatic rings. The van der Waals surface area contributed by atoms with Crippen LogP contribution in [-0.2, 0) is 4.79 Å². The molecule has 0 rings (SSSR count). The van der Waals surface area contributed by atoms with Gasteiger partial charge in [0, 0.05) is 18.9 Å². The molecule has 0 saturated heterocycles. The fraction of sp³-hybridized carbons (Fsp3) is 0.786. The molecule has 0 heterocycles. The summed E-state index contributed by atoms with van der Waals surface area (Å²) in [7, 11) is 0.